The van der Waals surface area contributed by atoms with Gasteiger partial charge in [0.2, 0.25) is 0 Å². The molecule has 29 heavy (non-hydrogen) atoms. The number of likely N-dealkylation sites (N-methyl/N-ethyl adjacent to an activating group) is 1. The van der Waals surface area contributed by atoms with Gasteiger partial charge < -0.3 is 9.80 Å². The maximum absolute atomic E-state index is 12.9. The van der Waals surface area contributed by atoms with Gasteiger partial charge in [-0.05, 0) is 56.1 Å². The summed E-state index contributed by atoms with van der Waals surface area (Å²) in [7, 11) is 2.20. The first-order chi connectivity index (χ1) is 14.2. The van der Waals surface area contributed by atoms with Crippen molar-refractivity contribution in [1.82, 2.24) is 24.6 Å². The molecule has 1 saturated heterocycles. The van der Waals surface area contributed by atoms with Crippen molar-refractivity contribution in [2.45, 2.75) is 25.3 Å². The average Bonchev–Trinajstić information content (AvgIpc) is 3.33. The fourth-order valence-electron chi connectivity index (χ4n) is 3.94. The van der Waals surface area contributed by atoms with Crippen molar-refractivity contribution >= 4 is 5.91 Å². The number of carbonyl (C=O) groups excluding carboxylic acids is 1. The van der Waals surface area contributed by atoms with Crippen molar-refractivity contribution in [3.63, 3.8) is 0 Å². The minimum atomic E-state index is 0.116. The zero-order valence-corrected chi connectivity index (χ0v) is 16.8. The molecule has 0 saturated carbocycles. The van der Waals surface area contributed by atoms with Gasteiger partial charge in [0.15, 0.2) is 0 Å². The lowest BCUT2D eigenvalue weighted by Gasteiger charge is -2.37. The molecule has 0 spiro atoms. The van der Waals surface area contributed by atoms with E-state index in [9.17, 15) is 4.79 Å². The summed E-state index contributed by atoms with van der Waals surface area (Å²) in [5.74, 6) is 0.116. The molecule has 1 fully saturated rings. The van der Waals surface area contributed by atoms with E-state index in [-0.39, 0.29) is 5.91 Å². The topological polar surface area (TPSA) is 54.3 Å². The van der Waals surface area contributed by atoms with Crippen LogP contribution >= 0.6 is 0 Å². The van der Waals surface area contributed by atoms with Crippen LogP contribution in [-0.4, -0.2) is 63.2 Å². The average molecular weight is 390 g/mol. The molecule has 1 aliphatic heterocycles. The summed E-state index contributed by atoms with van der Waals surface area (Å²) < 4.78 is 1.82. The summed E-state index contributed by atoms with van der Waals surface area (Å²) in [6, 6.07) is 18.8. The molecular formula is C23H27N5O. The fraction of sp³-hybridized carbons (Fsp3) is 0.348. The number of piperidine rings is 1. The highest BCUT2D eigenvalue weighted by molar-refractivity contribution is 5.94. The second-order valence-electron chi connectivity index (χ2n) is 7.66. The number of nitrogens with zero attached hydrogens (tertiary/aromatic N) is 5. The molecule has 2 aromatic carbocycles. The van der Waals surface area contributed by atoms with E-state index in [1.165, 1.54) is 5.56 Å². The van der Waals surface area contributed by atoms with Crippen LogP contribution in [0.5, 0.6) is 0 Å². The van der Waals surface area contributed by atoms with Crippen molar-refractivity contribution < 1.29 is 4.79 Å². The van der Waals surface area contributed by atoms with E-state index in [0.29, 0.717) is 6.04 Å². The van der Waals surface area contributed by atoms with E-state index in [1.807, 2.05) is 33.7 Å². The summed E-state index contributed by atoms with van der Waals surface area (Å²) in [6.45, 7) is 2.67. The molecule has 0 radical (unpaired) electrons. The summed E-state index contributed by atoms with van der Waals surface area (Å²) in [6.07, 6.45) is 6.41. The normalized spacial score (nSPS) is 15.0. The molecule has 3 aromatic rings. The van der Waals surface area contributed by atoms with E-state index >= 15 is 0 Å². The largest absolute Gasteiger partial charge is 0.339 e. The lowest BCUT2D eigenvalue weighted by molar-refractivity contribution is 0.0647. The Balaban J connectivity index is 1.28. The molecule has 6 nitrogen and oxygen atoms in total. The van der Waals surface area contributed by atoms with Crippen LogP contribution in [0.2, 0.25) is 0 Å². The number of hydrogen-bond donors (Lipinski definition) is 0. The maximum Gasteiger partial charge on any atom is 0.253 e. The van der Waals surface area contributed by atoms with Crippen molar-refractivity contribution in [2.75, 3.05) is 26.7 Å². The second-order valence-corrected chi connectivity index (χ2v) is 7.66. The molecule has 150 valence electrons. The van der Waals surface area contributed by atoms with Gasteiger partial charge in [-0.3, -0.25) is 9.36 Å². The Kier molecular flexibility index (Phi) is 6.00. The van der Waals surface area contributed by atoms with Crippen LogP contribution in [0.1, 0.15) is 28.8 Å². The molecule has 1 aromatic heterocycles. The minimum absolute atomic E-state index is 0.116. The van der Waals surface area contributed by atoms with Crippen LogP contribution in [0.15, 0.2) is 67.3 Å². The lowest BCUT2D eigenvalue weighted by atomic mass is 10.0. The van der Waals surface area contributed by atoms with Gasteiger partial charge >= 0.3 is 0 Å². The summed E-state index contributed by atoms with van der Waals surface area (Å²) in [4.78, 5) is 17.3. The highest BCUT2D eigenvalue weighted by Crippen LogP contribution is 2.19. The number of likely N-dealkylation sites (tertiary alicyclic amines) is 1. The van der Waals surface area contributed by atoms with Crippen LogP contribution < -0.4 is 0 Å². The zero-order valence-electron chi connectivity index (χ0n) is 16.8. The Morgan fingerprint density at radius 2 is 1.66 bits per heavy atom. The Labute approximate surface area is 171 Å². The molecule has 0 unspecified atom stereocenters. The number of amides is 1. The summed E-state index contributed by atoms with van der Waals surface area (Å²) in [5, 5.41) is 7.63. The van der Waals surface area contributed by atoms with Gasteiger partial charge in [0, 0.05) is 36.9 Å². The van der Waals surface area contributed by atoms with Crippen LogP contribution in [0.3, 0.4) is 0 Å². The Morgan fingerprint density at radius 1 is 1.00 bits per heavy atom. The van der Waals surface area contributed by atoms with E-state index in [0.717, 1.165) is 50.1 Å². The van der Waals surface area contributed by atoms with Crippen molar-refractivity contribution in [2.24, 2.45) is 0 Å². The molecule has 1 amide bonds. The Hall–Kier alpha value is -2.99. The SMILES string of the molecule is CN(CCc1ccccc1)C1CCN(C(=O)c2ccc(-n3cnnc3)cc2)CC1. The number of hydrogen-bond acceptors (Lipinski definition) is 4. The molecule has 2 heterocycles. The molecule has 0 atom stereocenters. The van der Waals surface area contributed by atoms with Crippen molar-refractivity contribution in [3.05, 3.63) is 78.4 Å². The summed E-state index contributed by atoms with van der Waals surface area (Å²) in [5.41, 5.74) is 3.06. The number of aromatic nitrogens is 3. The van der Waals surface area contributed by atoms with E-state index in [4.69, 9.17) is 0 Å². The molecular weight excluding hydrogens is 362 g/mol. The van der Waals surface area contributed by atoms with Gasteiger partial charge in [0.25, 0.3) is 5.91 Å². The van der Waals surface area contributed by atoms with Gasteiger partial charge in [0.1, 0.15) is 12.7 Å². The number of carbonyl (C=O) groups is 1. The van der Waals surface area contributed by atoms with Crippen LogP contribution in [-0.2, 0) is 6.42 Å². The van der Waals surface area contributed by atoms with Crippen molar-refractivity contribution in [1.29, 1.82) is 0 Å². The van der Waals surface area contributed by atoms with E-state index in [2.05, 4.69) is 52.5 Å². The standard InChI is InChI=1S/C23H27N5O/c1-26(14-11-19-5-3-2-4-6-19)21-12-15-27(16-13-21)23(29)20-7-9-22(10-8-20)28-17-24-25-18-28/h2-10,17-18,21H,11-16H2,1H3. The zero-order chi connectivity index (χ0) is 20.1. The molecule has 0 aliphatic carbocycles. The van der Waals surface area contributed by atoms with Gasteiger partial charge in [0.05, 0.1) is 0 Å². The predicted octanol–water partition coefficient (Wildman–Crippen LogP) is 3.05. The van der Waals surface area contributed by atoms with Gasteiger partial charge in [-0.15, -0.1) is 10.2 Å². The quantitative estimate of drug-likeness (QED) is 0.650. The lowest BCUT2D eigenvalue weighted by Crippen LogP contribution is -2.46. The van der Waals surface area contributed by atoms with Crippen LogP contribution in [0.4, 0.5) is 0 Å². The number of benzene rings is 2. The first-order valence-corrected chi connectivity index (χ1v) is 10.2. The molecule has 0 N–H and O–H groups in total. The maximum atomic E-state index is 12.9. The third-order valence-electron chi connectivity index (χ3n) is 5.80. The third kappa shape index (κ3) is 4.71. The fourth-order valence-corrected chi connectivity index (χ4v) is 3.94. The molecule has 0 bridgehead atoms. The van der Waals surface area contributed by atoms with E-state index < -0.39 is 0 Å². The van der Waals surface area contributed by atoms with E-state index in [1.54, 1.807) is 12.7 Å². The van der Waals surface area contributed by atoms with Crippen LogP contribution in [0, 0.1) is 0 Å². The first-order valence-electron chi connectivity index (χ1n) is 10.2. The molecule has 6 heteroatoms. The van der Waals surface area contributed by atoms with Crippen LogP contribution in [0.25, 0.3) is 5.69 Å². The van der Waals surface area contributed by atoms with Gasteiger partial charge in [-0.2, -0.15) is 0 Å². The second kappa shape index (κ2) is 9.01. The number of rotatable bonds is 6. The van der Waals surface area contributed by atoms with Gasteiger partial charge in [-0.1, -0.05) is 30.3 Å². The monoisotopic (exact) mass is 389 g/mol. The predicted molar refractivity (Wildman–Crippen MR) is 113 cm³/mol. The minimum Gasteiger partial charge on any atom is -0.339 e. The third-order valence-corrected chi connectivity index (χ3v) is 5.80. The molecule has 1 aliphatic rings. The first kappa shape index (κ1) is 19.3. The highest BCUT2D eigenvalue weighted by Gasteiger charge is 2.25. The Bertz CT molecular complexity index is 900. The molecule has 4 rings (SSSR count). The summed E-state index contributed by atoms with van der Waals surface area (Å²) >= 11 is 0. The highest BCUT2D eigenvalue weighted by atomic mass is 16.2. The van der Waals surface area contributed by atoms with Gasteiger partial charge in [-0.25, -0.2) is 0 Å². The van der Waals surface area contributed by atoms with Crippen molar-refractivity contribution in [3.8, 4) is 5.69 Å². The smallest absolute Gasteiger partial charge is 0.253 e. The Morgan fingerprint density at radius 3 is 2.31 bits per heavy atom.